The van der Waals surface area contributed by atoms with E-state index in [2.05, 4.69) is 0 Å². The van der Waals surface area contributed by atoms with E-state index in [9.17, 15) is 9.90 Å². The molecule has 1 N–H and O–H groups in total. The maximum absolute atomic E-state index is 12.1. The second kappa shape index (κ2) is 6.57. The molecule has 22 heavy (non-hydrogen) atoms. The van der Waals surface area contributed by atoms with Gasteiger partial charge >= 0.3 is 6.09 Å². The fourth-order valence-electron chi connectivity index (χ4n) is 2.44. The number of amides is 1. The Hall–Kier alpha value is -1.75. The van der Waals surface area contributed by atoms with Gasteiger partial charge in [0.25, 0.3) is 0 Å². The smallest absolute Gasteiger partial charge is 0.410 e. The van der Waals surface area contributed by atoms with Crippen molar-refractivity contribution >= 4 is 6.09 Å². The van der Waals surface area contributed by atoms with Gasteiger partial charge in [0.05, 0.1) is 19.3 Å². The summed E-state index contributed by atoms with van der Waals surface area (Å²) in [5, 5.41) is 9.57. The van der Waals surface area contributed by atoms with Crippen molar-refractivity contribution in [3.63, 3.8) is 0 Å². The molecule has 2 rings (SSSR count). The second-order valence-corrected chi connectivity index (χ2v) is 6.74. The summed E-state index contributed by atoms with van der Waals surface area (Å²) in [4.78, 5) is 13.8. The van der Waals surface area contributed by atoms with Gasteiger partial charge in [0.15, 0.2) is 0 Å². The van der Waals surface area contributed by atoms with Gasteiger partial charge in [-0.1, -0.05) is 12.1 Å². The Bertz CT molecular complexity index is 536. The highest BCUT2D eigenvalue weighted by atomic mass is 16.6. The predicted molar refractivity (Wildman–Crippen MR) is 84.1 cm³/mol. The van der Waals surface area contributed by atoms with Crippen molar-refractivity contribution in [2.45, 2.75) is 45.8 Å². The van der Waals surface area contributed by atoms with Gasteiger partial charge in [-0.2, -0.15) is 0 Å². The van der Waals surface area contributed by atoms with Crippen molar-refractivity contribution in [2.75, 3.05) is 19.7 Å². The van der Waals surface area contributed by atoms with Crippen LogP contribution in [0.15, 0.2) is 18.2 Å². The highest BCUT2D eigenvalue weighted by molar-refractivity contribution is 5.68. The number of benzene rings is 1. The molecule has 0 spiro atoms. The first-order chi connectivity index (χ1) is 10.2. The molecule has 0 radical (unpaired) electrons. The van der Waals surface area contributed by atoms with Crippen molar-refractivity contribution in [3.05, 3.63) is 29.3 Å². The number of phenols is 1. The van der Waals surface area contributed by atoms with Gasteiger partial charge < -0.3 is 19.5 Å². The third-order valence-electron chi connectivity index (χ3n) is 3.52. The maximum Gasteiger partial charge on any atom is 0.410 e. The number of rotatable bonds is 2. The van der Waals surface area contributed by atoms with Crippen molar-refractivity contribution in [3.8, 4) is 5.75 Å². The minimum Gasteiger partial charge on any atom is -0.508 e. The van der Waals surface area contributed by atoms with E-state index < -0.39 is 5.60 Å². The Labute approximate surface area is 131 Å². The lowest BCUT2D eigenvalue weighted by Gasteiger charge is -2.34. The topological polar surface area (TPSA) is 59.0 Å². The summed E-state index contributed by atoms with van der Waals surface area (Å²) in [6, 6.07) is 5.53. The third kappa shape index (κ3) is 4.63. The summed E-state index contributed by atoms with van der Waals surface area (Å²) in [5.41, 5.74) is 1.45. The third-order valence-corrected chi connectivity index (χ3v) is 3.52. The quantitative estimate of drug-likeness (QED) is 0.912. The molecule has 1 aromatic rings. The lowest BCUT2D eigenvalue weighted by molar-refractivity contribution is -0.0415. The van der Waals surface area contributed by atoms with Gasteiger partial charge in [-0.25, -0.2) is 4.79 Å². The minimum absolute atomic E-state index is 0.0507. The lowest BCUT2D eigenvalue weighted by atomic mass is 10.0. The van der Waals surface area contributed by atoms with E-state index in [-0.39, 0.29) is 12.2 Å². The van der Waals surface area contributed by atoms with Crippen LogP contribution in [0.1, 0.15) is 31.9 Å². The molecule has 1 aromatic carbocycles. The molecular formula is C17H25NO4. The SMILES string of the molecule is Cc1cc(C[C@@H]2CN(C(=O)OC(C)(C)C)CCO2)ccc1O. The van der Waals surface area contributed by atoms with Gasteiger partial charge in [0, 0.05) is 13.0 Å². The number of aromatic hydroxyl groups is 1. The van der Waals surface area contributed by atoms with Crippen LogP contribution in [-0.2, 0) is 15.9 Å². The fourth-order valence-corrected chi connectivity index (χ4v) is 2.44. The van der Waals surface area contributed by atoms with Gasteiger partial charge in [0.1, 0.15) is 11.4 Å². The van der Waals surface area contributed by atoms with E-state index in [0.29, 0.717) is 31.9 Å². The molecule has 0 aromatic heterocycles. The maximum atomic E-state index is 12.1. The molecule has 5 nitrogen and oxygen atoms in total. The summed E-state index contributed by atoms with van der Waals surface area (Å²) >= 11 is 0. The number of phenolic OH excluding ortho intramolecular Hbond substituents is 1. The predicted octanol–water partition coefficient (Wildman–Crippen LogP) is 2.88. The molecule has 5 heteroatoms. The van der Waals surface area contributed by atoms with Crippen molar-refractivity contribution in [1.82, 2.24) is 4.90 Å². The molecule has 0 saturated carbocycles. The number of morpholine rings is 1. The van der Waals surface area contributed by atoms with E-state index in [0.717, 1.165) is 11.1 Å². The average molecular weight is 307 g/mol. The number of hydrogen-bond donors (Lipinski definition) is 1. The molecule has 122 valence electrons. The van der Waals surface area contributed by atoms with Crippen LogP contribution in [0.2, 0.25) is 0 Å². The Kier molecular flexibility index (Phi) is 4.96. The summed E-state index contributed by atoms with van der Waals surface area (Å²) in [7, 11) is 0. The number of carbonyl (C=O) groups excluding carboxylic acids is 1. The van der Waals surface area contributed by atoms with E-state index in [1.165, 1.54) is 0 Å². The minimum atomic E-state index is -0.487. The molecule has 0 unspecified atom stereocenters. The molecule has 1 saturated heterocycles. The largest absolute Gasteiger partial charge is 0.508 e. The van der Waals surface area contributed by atoms with E-state index in [1.54, 1.807) is 11.0 Å². The van der Waals surface area contributed by atoms with Crippen LogP contribution in [0.25, 0.3) is 0 Å². The molecule has 1 fully saturated rings. The normalized spacial score (nSPS) is 19.1. The standard InChI is InChI=1S/C17H25NO4/c1-12-9-13(5-6-15(12)19)10-14-11-18(7-8-21-14)16(20)22-17(2,3)4/h5-6,9,14,19H,7-8,10-11H2,1-4H3/t14-/m1/s1. The summed E-state index contributed by atoms with van der Waals surface area (Å²) < 4.78 is 11.2. The van der Waals surface area contributed by atoms with Gasteiger partial charge in [-0.3, -0.25) is 0 Å². The first-order valence-electron chi connectivity index (χ1n) is 7.62. The highest BCUT2D eigenvalue weighted by Crippen LogP contribution is 2.20. The van der Waals surface area contributed by atoms with E-state index in [4.69, 9.17) is 9.47 Å². The van der Waals surface area contributed by atoms with Crippen LogP contribution in [0.3, 0.4) is 0 Å². The molecule has 1 heterocycles. The molecule has 1 aliphatic rings. The van der Waals surface area contributed by atoms with Crippen LogP contribution in [-0.4, -0.2) is 47.5 Å². The van der Waals surface area contributed by atoms with Crippen molar-refractivity contribution in [1.29, 1.82) is 0 Å². The van der Waals surface area contributed by atoms with E-state index in [1.807, 2.05) is 39.8 Å². The van der Waals surface area contributed by atoms with Crippen LogP contribution in [0.4, 0.5) is 4.79 Å². The summed E-state index contributed by atoms with van der Waals surface area (Å²) in [6.45, 7) is 9.05. The number of aryl methyl sites for hydroxylation is 1. The first kappa shape index (κ1) is 16.6. The molecule has 1 amide bonds. The Morgan fingerprint density at radius 2 is 2.18 bits per heavy atom. The van der Waals surface area contributed by atoms with Gasteiger partial charge in [-0.05, 0) is 44.9 Å². The van der Waals surface area contributed by atoms with Crippen LogP contribution in [0, 0.1) is 6.92 Å². The fraction of sp³-hybridized carbons (Fsp3) is 0.588. The zero-order valence-electron chi connectivity index (χ0n) is 13.8. The number of ether oxygens (including phenoxy) is 2. The summed E-state index contributed by atoms with van der Waals surface area (Å²) in [6.07, 6.45) is 0.369. The van der Waals surface area contributed by atoms with E-state index >= 15 is 0 Å². The Balaban J connectivity index is 1.95. The zero-order valence-corrected chi connectivity index (χ0v) is 13.8. The number of hydrogen-bond acceptors (Lipinski definition) is 4. The van der Waals surface area contributed by atoms with Crippen LogP contribution >= 0.6 is 0 Å². The van der Waals surface area contributed by atoms with Crippen molar-refractivity contribution in [2.24, 2.45) is 0 Å². The van der Waals surface area contributed by atoms with Gasteiger partial charge in [0.2, 0.25) is 0 Å². The van der Waals surface area contributed by atoms with Crippen molar-refractivity contribution < 1.29 is 19.4 Å². The second-order valence-electron chi connectivity index (χ2n) is 6.74. The summed E-state index contributed by atoms with van der Waals surface area (Å²) in [5.74, 6) is 0.295. The Morgan fingerprint density at radius 1 is 1.45 bits per heavy atom. The first-order valence-corrected chi connectivity index (χ1v) is 7.62. The molecule has 1 atom stereocenters. The number of nitrogens with zero attached hydrogens (tertiary/aromatic N) is 1. The average Bonchev–Trinajstić information content (AvgIpc) is 2.41. The highest BCUT2D eigenvalue weighted by Gasteiger charge is 2.28. The molecule has 0 bridgehead atoms. The van der Waals surface area contributed by atoms with Gasteiger partial charge in [-0.15, -0.1) is 0 Å². The van der Waals surface area contributed by atoms with Crippen LogP contribution in [0.5, 0.6) is 5.75 Å². The zero-order chi connectivity index (χ0) is 16.3. The monoisotopic (exact) mass is 307 g/mol. The number of carbonyl (C=O) groups is 1. The molecule has 1 aliphatic heterocycles. The lowest BCUT2D eigenvalue weighted by Crippen LogP contribution is -2.48. The molecule has 0 aliphatic carbocycles. The van der Waals surface area contributed by atoms with Crippen LogP contribution < -0.4 is 0 Å². The molecular weight excluding hydrogens is 282 g/mol. The Morgan fingerprint density at radius 3 is 2.82 bits per heavy atom.